The van der Waals surface area contributed by atoms with Crippen LogP contribution >= 0.6 is 12.4 Å². The minimum atomic E-state index is 0. The van der Waals surface area contributed by atoms with Gasteiger partial charge in [-0.15, -0.1) is 12.4 Å². The van der Waals surface area contributed by atoms with Gasteiger partial charge in [0.2, 0.25) is 0 Å². The third-order valence-electron chi connectivity index (χ3n) is 1.79. The first-order chi connectivity index (χ1) is 5.00. The van der Waals surface area contributed by atoms with Crippen molar-refractivity contribution < 1.29 is 18.3 Å². The number of hydrogen-bond acceptors (Lipinski definition) is 0. The summed E-state index contributed by atoms with van der Waals surface area (Å²) >= 11 is 1.25. The first-order valence-electron chi connectivity index (χ1n) is 3.92. The molecular weight excluding hydrogens is 221 g/mol. The van der Waals surface area contributed by atoms with Gasteiger partial charge in [0.15, 0.2) is 0 Å². The van der Waals surface area contributed by atoms with Crippen LogP contribution in [-0.4, -0.2) is 0 Å². The van der Waals surface area contributed by atoms with Crippen LogP contribution in [0.2, 0.25) is 0 Å². The molecule has 0 aliphatic carbocycles. The maximum Gasteiger partial charge on any atom is -0.147 e. The van der Waals surface area contributed by atoms with Crippen molar-refractivity contribution in [3.63, 3.8) is 0 Å². The second-order valence-corrected chi connectivity index (χ2v) is 5.66. The molecule has 0 radical (unpaired) electrons. The van der Waals surface area contributed by atoms with E-state index in [1.54, 1.807) is 0 Å². The molecule has 0 nitrogen and oxygen atoms in total. The Labute approximate surface area is 90.8 Å². The smallest absolute Gasteiger partial charge is 0.147 e. The van der Waals surface area contributed by atoms with Gasteiger partial charge in [0, 0.05) is 0 Å². The van der Waals surface area contributed by atoms with Gasteiger partial charge in [0.25, 0.3) is 0 Å². The Hall–Kier alpha value is 0.133. The van der Waals surface area contributed by atoms with E-state index in [0.717, 1.165) is 0 Å². The molecule has 0 N–H and O–H groups in total. The zero-order valence-corrected chi connectivity index (χ0v) is 11.7. The van der Waals surface area contributed by atoms with Gasteiger partial charge >= 0.3 is 78.5 Å². The van der Waals surface area contributed by atoms with Crippen LogP contribution < -0.4 is 4.16 Å². The summed E-state index contributed by atoms with van der Waals surface area (Å²) in [7, 11) is 0. The van der Waals surface area contributed by atoms with Crippen LogP contribution in [0.3, 0.4) is 0 Å². The van der Waals surface area contributed by atoms with Gasteiger partial charge in [-0.1, -0.05) is 0 Å². The van der Waals surface area contributed by atoms with E-state index in [1.165, 1.54) is 28.0 Å². The van der Waals surface area contributed by atoms with Gasteiger partial charge in [-0.2, -0.15) is 0 Å². The summed E-state index contributed by atoms with van der Waals surface area (Å²) in [6.45, 7) is 6.76. The van der Waals surface area contributed by atoms with Crippen LogP contribution in [0, 0.1) is 0 Å². The number of hydrogen-bond donors (Lipinski definition) is 0. The van der Waals surface area contributed by atoms with E-state index in [-0.39, 0.29) is 12.4 Å². The van der Waals surface area contributed by atoms with Gasteiger partial charge in [-0.05, 0) is 0 Å². The van der Waals surface area contributed by atoms with Crippen molar-refractivity contribution in [2.45, 2.75) is 26.2 Å². The molecule has 0 aliphatic heterocycles. The molecular formula is C10H14ClZn. The molecule has 0 saturated heterocycles. The molecule has 0 spiro atoms. The summed E-state index contributed by atoms with van der Waals surface area (Å²) in [6.07, 6.45) is 0. The van der Waals surface area contributed by atoms with Gasteiger partial charge in [-0.25, -0.2) is 0 Å². The van der Waals surface area contributed by atoms with E-state index >= 15 is 0 Å². The molecule has 0 heterocycles. The molecule has 0 aromatic heterocycles. The Balaban J connectivity index is 0.00000121. The predicted octanol–water partition coefficient (Wildman–Crippen LogP) is 2.58. The van der Waals surface area contributed by atoms with Crippen LogP contribution in [0.1, 0.15) is 26.3 Å². The van der Waals surface area contributed by atoms with Gasteiger partial charge in [0.1, 0.15) is 0 Å². The number of halogens is 1. The fourth-order valence-corrected chi connectivity index (χ4v) is 1.78. The molecule has 1 aromatic carbocycles. The maximum absolute atomic E-state index is 2.31. The topological polar surface area (TPSA) is 0 Å². The van der Waals surface area contributed by atoms with Crippen molar-refractivity contribution in [1.82, 2.24) is 0 Å². The van der Waals surface area contributed by atoms with E-state index < -0.39 is 0 Å². The molecule has 0 amide bonds. The van der Waals surface area contributed by atoms with Crippen LogP contribution in [-0.2, 0) is 23.7 Å². The minimum absolute atomic E-state index is 0. The third-order valence-corrected chi connectivity index (χ3v) is 2.72. The van der Waals surface area contributed by atoms with Crippen molar-refractivity contribution in [2.75, 3.05) is 0 Å². The normalized spacial score (nSPS) is 10.8. The SMILES string of the molecule is CC(C)(C)c1ccc[c]([Zn])c1.Cl. The van der Waals surface area contributed by atoms with Crippen LogP contribution in [0.5, 0.6) is 0 Å². The average molecular weight is 235 g/mol. The summed E-state index contributed by atoms with van der Waals surface area (Å²) in [4.78, 5) is 0. The quantitative estimate of drug-likeness (QED) is 0.606. The van der Waals surface area contributed by atoms with Crippen molar-refractivity contribution in [2.24, 2.45) is 0 Å². The molecule has 0 fully saturated rings. The van der Waals surface area contributed by atoms with E-state index in [4.69, 9.17) is 0 Å². The summed E-state index contributed by atoms with van der Waals surface area (Å²) in [6, 6.07) is 8.85. The molecule has 2 heteroatoms. The molecule has 1 rings (SSSR count). The first-order valence-corrected chi connectivity index (χ1v) is 5.41. The Morgan fingerprint density at radius 2 is 1.75 bits per heavy atom. The van der Waals surface area contributed by atoms with Crippen LogP contribution in [0.15, 0.2) is 24.3 Å². The Morgan fingerprint density at radius 1 is 1.17 bits per heavy atom. The van der Waals surface area contributed by atoms with Crippen LogP contribution in [0.4, 0.5) is 0 Å². The zero-order valence-electron chi connectivity index (χ0n) is 7.92. The fourth-order valence-electron chi connectivity index (χ4n) is 1.04. The fraction of sp³-hybridized carbons (Fsp3) is 0.400. The first kappa shape index (κ1) is 12.1. The number of benzene rings is 1. The van der Waals surface area contributed by atoms with Crippen LogP contribution in [0.25, 0.3) is 0 Å². The van der Waals surface area contributed by atoms with E-state index in [0.29, 0.717) is 5.41 Å². The van der Waals surface area contributed by atoms with E-state index in [1.807, 2.05) is 0 Å². The van der Waals surface area contributed by atoms with Crippen molar-refractivity contribution >= 4 is 16.6 Å². The predicted molar refractivity (Wildman–Crippen MR) is 52.0 cm³/mol. The Bertz CT molecular complexity index is 250. The summed E-state index contributed by atoms with van der Waals surface area (Å²) in [5.41, 5.74) is 1.75. The summed E-state index contributed by atoms with van der Waals surface area (Å²) in [5.74, 6) is 0. The molecule has 0 saturated carbocycles. The van der Waals surface area contributed by atoms with E-state index in [2.05, 4.69) is 45.0 Å². The second kappa shape index (κ2) is 4.39. The van der Waals surface area contributed by atoms with E-state index in [9.17, 15) is 0 Å². The molecule has 0 atom stereocenters. The van der Waals surface area contributed by atoms with Gasteiger partial charge in [-0.3, -0.25) is 0 Å². The third kappa shape index (κ3) is 3.25. The Kier molecular flexibility index (Phi) is 4.44. The van der Waals surface area contributed by atoms with Crippen molar-refractivity contribution in [3.05, 3.63) is 29.8 Å². The minimum Gasteiger partial charge on any atom is -0.147 e. The monoisotopic (exact) mass is 233 g/mol. The summed E-state index contributed by atoms with van der Waals surface area (Å²) in [5, 5.41) is 0. The molecule has 1 aromatic rings. The second-order valence-electron chi connectivity index (χ2n) is 3.95. The Morgan fingerprint density at radius 3 is 2.08 bits per heavy atom. The molecule has 0 aliphatic rings. The summed E-state index contributed by atoms with van der Waals surface area (Å²) < 4.78 is 1.47. The van der Waals surface area contributed by atoms with Crippen molar-refractivity contribution in [3.8, 4) is 0 Å². The zero-order chi connectivity index (χ0) is 8.48. The molecule has 12 heavy (non-hydrogen) atoms. The van der Waals surface area contributed by atoms with Crippen molar-refractivity contribution in [1.29, 1.82) is 0 Å². The standard InChI is InChI=1S/C10H13.ClH.Zn/c1-10(2,3)9-7-5-4-6-8-9;;/h4-5,7-8H,1-3H3;1H;. The van der Waals surface area contributed by atoms with Gasteiger partial charge in [0.05, 0.1) is 0 Å². The molecule has 63 valence electrons. The largest absolute Gasteiger partial charge is 0.147 e. The molecule has 0 unspecified atom stereocenters. The van der Waals surface area contributed by atoms with Gasteiger partial charge < -0.3 is 0 Å². The maximum atomic E-state index is 2.31. The molecule has 0 bridgehead atoms. The average Bonchev–Trinajstić information content (AvgIpc) is 1.86. The number of rotatable bonds is 0.